The second-order valence-corrected chi connectivity index (χ2v) is 7.66. The van der Waals surface area contributed by atoms with Crippen molar-refractivity contribution >= 4 is 45.0 Å². The second-order valence-electron chi connectivity index (χ2n) is 6.81. The van der Waals surface area contributed by atoms with Crippen molar-refractivity contribution in [3.05, 3.63) is 46.9 Å². The summed E-state index contributed by atoms with van der Waals surface area (Å²) in [6, 6.07) is 6.95. The van der Waals surface area contributed by atoms with Gasteiger partial charge in [0.2, 0.25) is 17.7 Å². The Morgan fingerprint density at radius 1 is 1.03 bits per heavy atom. The third-order valence-electron chi connectivity index (χ3n) is 4.27. The molecule has 0 bridgehead atoms. The van der Waals surface area contributed by atoms with Crippen molar-refractivity contribution in [2.24, 2.45) is 0 Å². The summed E-state index contributed by atoms with van der Waals surface area (Å²) in [5.41, 5.74) is 1.40. The van der Waals surface area contributed by atoms with E-state index < -0.39 is 11.9 Å². The smallest absolute Gasteiger partial charge is 0.255 e. The Bertz CT molecular complexity index is 1040. The van der Waals surface area contributed by atoms with Crippen LogP contribution in [0, 0.1) is 5.82 Å². The maximum absolute atomic E-state index is 13.7. The summed E-state index contributed by atoms with van der Waals surface area (Å²) >= 11 is 3.40. The largest absolute Gasteiger partial charge is 0.473 e. The van der Waals surface area contributed by atoms with Gasteiger partial charge in [0.05, 0.1) is 29.4 Å². The highest BCUT2D eigenvalue weighted by molar-refractivity contribution is 9.10. The molecule has 2 heterocycles. The number of aliphatic hydroxyl groups is 2. The molecule has 0 spiro atoms. The van der Waals surface area contributed by atoms with Gasteiger partial charge in [-0.15, -0.1) is 0 Å². The molecule has 32 heavy (non-hydrogen) atoms. The first-order valence-corrected chi connectivity index (χ1v) is 10.5. The molecule has 3 aromatic rings. The van der Waals surface area contributed by atoms with Crippen LogP contribution in [0.3, 0.4) is 0 Å². The number of aliphatic hydroxyl groups excluding tert-OH is 2. The number of anilines is 5. The van der Waals surface area contributed by atoms with Crippen LogP contribution in [0.2, 0.25) is 0 Å². The minimum atomic E-state index is -0.713. The zero-order chi connectivity index (χ0) is 23.1. The molecule has 3 rings (SSSR count). The predicted octanol–water partition coefficient (Wildman–Crippen LogP) is 3.21. The summed E-state index contributed by atoms with van der Waals surface area (Å²) in [5.74, 6) is 0.133. The number of halogens is 2. The molecule has 2 aromatic heterocycles. The van der Waals surface area contributed by atoms with Crippen LogP contribution in [0.25, 0.3) is 0 Å². The molecule has 12 heteroatoms. The number of rotatable bonds is 10. The SMILES string of the molecule is C[C@@H](O)[C@@H](C)Nc1nc(Nc2ccc(Nc3ncc(F)c(OCCO)n3)cc2)ncc1Br. The lowest BCUT2D eigenvalue weighted by atomic mass is 10.2. The Morgan fingerprint density at radius 2 is 1.62 bits per heavy atom. The van der Waals surface area contributed by atoms with Crippen molar-refractivity contribution in [1.82, 2.24) is 19.9 Å². The predicted molar refractivity (Wildman–Crippen MR) is 122 cm³/mol. The molecule has 0 aliphatic carbocycles. The van der Waals surface area contributed by atoms with E-state index >= 15 is 0 Å². The molecular weight excluding hydrogens is 485 g/mol. The lowest BCUT2D eigenvalue weighted by Crippen LogP contribution is -2.28. The number of hydrogen-bond donors (Lipinski definition) is 5. The monoisotopic (exact) mass is 507 g/mol. The van der Waals surface area contributed by atoms with Gasteiger partial charge in [-0.3, -0.25) is 0 Å². The molecule has 2 atom stereocenters. The number of nitrogens with zero attached hydrogens (tertiary/aromatic N) is 4. The van der Waals surface area contributed by atoms with Gasteiger partial charge in [-0.05, 0) is 54.0 Å². The van der Waals surface area contributed by atoms with Crippen LogP contribution in [0.5, 0.6) is 5.88 Å². The molecule has 0 saturated carbocycles. The van der Waals surface area contributed by atoms with Gasteiger partial charge in [-0.25, -0.2) is 9.97 Å². The average Bonchev–Trinajstić information content (AvgIpc) is 2.77. The first kappa shape index (κ1) is 23.6. The van der Waals surface area contributed by atoms with E-state index in [0.29, 0.717) is 21.9 Å². The summed E-state index contributed by atoms with van der Waals surface area (Å²) in [6.45, 7) is 3.23. The van der Waals surface area contributed by atoms with E-state index in [1.165, 1.54) is 0 Å². The Morgan fingerprint density at radius 3 is 2.22 bits per heavy atom. The van der Waals surface area contributed by atoms with E-state index in [1.807, 2.05) is 6.92 Å². The van der Waals surface area contributed by atoms with Gasteiger partial charge in [0, 0.05) is 17.6 Å². The van der Waals surface area contributed by atoms with Gasteiger partial charge in [0.25, 0.3) is 5.88 Å². The molecule has 0 unspecified atom stereocenters. The summed E-state index contributed by atoms with van der Waals surface area (Å²) in [7, 11) is 0. The van der Waals surface area contributed by atoms with Crippen LogP contribution in [0.4, 0.5) is 33.5 Å². The summed E-state index contributed by atoms with van der Waals surface area (Å²) in [5, 5.41) is 27.7. The molecule has 0 aliphatic rings. The fourth-order valence-corrected chi connectivity index (χ4v) is 2.72. The van der Waals surface area contributed by atoms with E-state index in [0.717, 1.165) is 11.9 Å². The first-order valence-electron chi connectivity index (χ1n) is 9.73. The number of benzene rings is 1. The lowest BCUT2D eigenvalue weighted by Gasteiger charge is -2.18. The van der Waals surface area contributed by atoms with Gasteiger partial charge in [-0.1, -0.05) is 0 Å². The Labute approximate surface area is 192 Å². The minimum absolute atomic E-state index is 0.0684. The fourth-order valence-electron chi connectivity index (χ4n) is 2.42. The van der Waals surface area contributed by atoms with E-state index in [4.69, 9.17) is 9.84 Å². The molecule has 170 valence electrons. The highest BCUT2D eigenvalue weighted by Gasteiger charge is 2.13. The number of hydrogen-bond acceptors (Lipinski definition) is 10. The molecule has 10 nitrogen and oxygen atoms in total. The molecule has 0 radical (unpaired) electrons. The minimum Gasteiger partial charge on any atom is -0.473 e. The standard InChI is InChI=1S/C20H23BrFN7O3/c1-11(12(2)31)25-17-15(21)9-23-19(28-17)26-13-3-5-14(6-4-13)27-20-24-10-16(22)18(29-20)32-8-7-30/h3-6,9-12,30-31H,7-8H2,1-2H3,(H,24,27,29)(H2,23,25,26,28)/t11-,12-/m1/s1. The molecule has 1 aromatic carbocycles. The highest BCUT2D eigenvalue weighted by Crippen LogP contribution is 2.24. The van der Waals surface area contributed by atoms with Crippen molar-refractivity contribution in [3.63, 3.8) is 0 Å². The van der Waals surface area contributed by atoms with Crippen molar-refractivity contribution in [2.45, 2.75) is 26.0 Å². The van der Waals surface area contributed by atoms with Crippen molar-refractivity contribution in [1.29, 1.82) is 0 Å². The molecule has 0 aliphatic heterocycles. The Hall–Kier alpha value is -3.09. The number of aromatic nitrogens is 4. The quantitative estimate of drug-likeness (QED) is 0.278. The third-order valence-corrected chi connectivity index (χ3v) is 4.85. The molecule has 0 amide bonds. The van der Waals surface area contributed by atoms with Crippen molar-refractivity contribution < 1.29 is 19.3 Å². The zero-order valence-corrected chi connectivity index (χ0v) is 19.0. The topological polar surface area (TPSA) is 137 Å². The van der Waals surface area contributed by atoms with Gasteiger partial charge in [-0.2, -0.15) is 14.4 Å². The fraction of sp³-hybridized carbons (Fsp3) is 0.300. The summed E-state index contributed by atoms with van der Waals surface area (Å²) in [4.78, 5) is 16.5. The number of ether oxygens (including phenoxy) is 1. The zero-order valence-electron chi connectivity index (χ0n) is 17.4. The second kappa shape index (κ2) is 11.0. The Balaban J connectivity index is 1.66. The van der Waals surface area contributed by atoms with Crippen LogP contribution in [-0.4, -0.2) is 55.5 Å². The Kier molecular flexibility index (Phi) is 8.09. The molecule has 0 fully saturated rings. The van der Waals surface area contributed by atoms with E-state index in [2.05, 4.69) is 51.8 Å². The van der Waals surface area contributed by atoms with Crippen LogP contribution in [0.1, 0.15) is 13.8 Å². The van der Waals surface area contributed by atoms with Crippen LogP contribution < -0.4 is 20.7 Å². The van der Waals surface area contributed by atoms with E-state index in [9.17, 15) is 9.50 Å². The molecular formula is C20H23BrFN7O3. The summed E-state index contributed by atoms with van der Waals surface area (Å²) < 4.78 is 19.4. The normalized spacial score (nSPS) is 12.7. The maximum Gasteiger partial charge on any atom is 0.255 e. The van der Waals surface area contributed by atoms with Gasteiger partial charge >= 0.3 is 0 Å². The van der Waals surface area contributed by atoms with Gasteiger partial charge < -0.3 is 30.9 Å². The van der Waals surface area contributed by atoms with Gasteiger partial charge in [0.1, 0.15) is 12.4 Å². The maximum atomic E-state index is 13.7. The highest BCUT2D eigenvalue weighted by atomic mass is 79.9. The average molecular weight is 508 g/mol. The number of nitrogens with one attached hydrogen (secondary N) is 3. The molecule has 0 saturated heterocycles. The van der Waals surface area contributed by atoms with Crippen molar-refractivity contribution in [3.8, 4) is 5.88 Å². The lowest BCUT2D eigenvalue weighted by molar-refractivity contribution is 0.177. The van der Waals surface area contributed by atoms with Crippen LogP contribution in [0.15, 0.2) is 41.1 Å². The van der Waals surface area contributed by atoms with Crippen LogP contribution in [-0.2, 0) is 0 Å². The van der Waals surface area contributed by atoms with Crippen LogP contribution >= 0.6 is 15.9 Å². The molecule has 5 N–H and O–H groups in total. The third kappa shape index (κ3) is 6.45. The summed E-state index contributed by atoms with van der Waals surface area (Å²) in [6.07, 6.45) is 2.06. The van der Waals surface area contributed by atoms with Gasteiger partial charge in [0.15, 0.2) is 0 Å². The van der Waals surface area contributed by atoms with Crippen molar-refractivity contribution in [2.75, 3.05) is 29.2 Å². The first-order chi connectivity index (χ1) is 15.4. The van der Waals surface area contributed by atoms with E-state index in [-0.39, 0.29) is 31.1 Å². The van der Waals surface area contributed by atoms with E-state index in [1.54, 1.807) is 37.4 Å².